The van der Waals surface area contributed by atoms with Crippen molar-refractivity contribution in [1.82, 2.24) is 0 Å². The summed E-state index contributed by atoms with van der Waals surface area (Å²) in [4.78, 5) is 4.62. The molecule has 0 unspecified atom stereocenters. The van der Waals surface area contributed by atoms with Crippen molar-refractivity contribution in [3.63, 3.8) is 0 Å². The zero-order valence-corrected chi connectivity index (χ0v) is 32.1. The molecule has 10 aromatic rings. The molecule has 0 N–H and O–H groups in total. The molecule has 10 rings (SSSR count). The number of anilines is 6. The standard InChI is InChI=1S/C54H38N2S/c1-5-16-44(17-6-1)55(45-18-7-2-8-19-45)48-32-28-39(29-33-48)41-36-42(38-43(37-41)50-25-15-26-52-51-24-13-14-27-53(51)57-54(50)52)40-30-34-49(35-31-40)56(46-20-9-3-10-21-46)47-22-11-4-12-23-47/h1-38H. The number of hydrogen-bond donors (Lipinski definition) is 0. The van der Waals surface area contributed by atoms with Gasteiger partial charge < -0.3 is 9.80 Å². The summed E-state index contributed by atoms with van der Waals surface area (Å²) in [6, 6.07) is 82.9. The van der Waals surface area contributed by atoms with Crippen molar-refractivity contribution in [3.05, 3.63) is 231 Å². The maximum Gasteiger partial charge on any atom is 0.0462 e. The molecule has 1 aromatic heterocycles. The highest BCUT2D eigenvalue weighted by Crippen LogP contribution is 2.43. The molecule has 270 valence electrons. The highest BCUT2D eigenvalue weighted by molar-refractivity contribution is 7.26. The van der Waals surface area contributed by atoms with Crippen LogP contribution in [0.2, 0.25) is 0 Å². The number of hydrogen-bond acceptors (Lipinski definition) is 3. The molecule has 9 aromatic carbocycles. The Morgan fingerprint density at radius 3 is 1.09 bits per heavy atom. The van der Waals surface area contributed by atoms with Crippen LogP contribution < -0.4 is 9.80 Å². The Labute approximate surface area is 337 Å². The van der Waals surface area contributed by atoms with Crippen molar-refractivity contribution in [2.45, 2.75) is 0 Å². The van der Waals surface area contributed by atoms with E-state index in [1.807, 2.05) is 11.3 Å². The van der Waals surface area contributed by atoms with Crippen LogP contribution in [0.3, 0.4) is 0 Å². The molecule has 0 atom stereocenters. The fraction of sp³-hybridized carbons (Fsp3) is 0. The fourth-order valence-electron chi connectivity index (χ4n) is 7.90. The second-order valence-corrected chi connectivity index (χ2v) is 15.2. The number of fused-ring (bicyclic) bond motifs is 3. The maximum atomic E-state index is 2.37. The molecule has 0 aliphatic heterocycles. The first-order chi connectivity index (χ1) is 28.3. The van der Waals surface area contributed by atoms with E-state index >= 15 is 0 Å². The Bertz CT molecular complexity index is 2700. The van der Waals surface area contributed by atoms with Gasteiger partial charge >= 0.3 is 0 Å². The van der Waals surface area contributed by atoms with E-state index in [2.05, 4.69) is 240 Å². The zero-order valence-electron chi connectivity index (χ0n) is 31.2. The van der Waals surface area contributed by atoms with Gasteiger partial charge in [-0.15, -0.1) is 11.3 Å². The quantitative estimate of drug-likeness (QED) is 0.145. The van der Waals surface area contributed by atoms with Gasteiger partial charge in [0.25, 0.3) is 0 Å². The molecule has 57 heavy (non-hydrogen) atoms. The lowest BCUT2D eigenvalue weighted by molar-refractivity contribution is 1.28. The molecular weight excluding hydrogens is 709 g/mol. The molecule has 0 bridgehead atoms. The molecule has 0 aliphatic rings. The van der Waals surface area contributed by atoms with E-state index in [4.69, 9.17) is 0 Å². The molecule has 3 heteroatoms. The van der Waals surface area contributed by atoms with Crippen LogP contribution in [0.5, 0.6) is 0 Å². The summed E-state index contributed by atoms with van der Waals surface area (Å²) in [6.07, 6.45) is 0. The average molecular weight is 747 g/mol. The molecule has 2 nitrogen and oxygen atoms in total. The summed E-state index contributed by atoms with van der Waals surface area (Å²) in [6.45, 7) is 0. The van der Waals surface area contributed by atoms with Gasteiger partial charge in [0.1, 0.15) is 0 Å². The minimum Gasteiger partial charge on any atom is -0.311 e. The normalized spacial score (nSPS) is 11.2. The van der Waals surface area contributed by atoms with Crippen LogP contribution in [0.1, 0.15) is 0 Å². The van der Waals surface area contributed by atoms with Crippen LogP contribution in [0.15, 0.2) is 231 Å². The first kappa shape index (κ1) is 34.3. The first-order valence-electron chi connectivity index (χ1n) is 19.3. The van der Waals surface area contributed by atoms with Crippen molar-refractivity contribution in [2.24, 2.45) is 0 Å². The maximum absolute atomic E-state index is 2.37. The van der Waals surface area contributed by atoms with E-state index in [9.17, 15) is 0 Å². The Morgan fingerprint density at radius 1 is 0.263 bits per heavy atom. The van der Waals surface area contributed by atoms with Gasteiger partial charge in [0, 0.05) is 54.3 Å². The second kappa shape index (κ2) is 15.1. The van der Waals surface area contributed by atoms with Crippen molar-refractivity contribution >= 4 is 65.6 Å². The third-order valence-electron chi connectivity index (χ3n) is 10.6. The first-order valence-corrected chi connectivity index (χ1v) is 20.2. The van der Waals surface area contributed by atoms with Crippen LogP contribution in [-0.2, 0) is 0 Å². The topological polar surface area (TPSA) is 6.48 Å². The van der Waals surface area contributed by atoms with E-state index in [-0.39, 0.29) is 0 Å². The van der Waals surface area contributed by atoms with E-state index in [0.29, 0.717) is 0 Å². The van der Waals surface area contributed by atoms with Crippen LogP contribution >= 0.6 is 11.3 Å². The van der Waals surface area contributed by atoms with Gasteiger partial charge in [-0.05, 0) is 130 Å². The minimum atomic E-state index is 1.11. The number of thiophene rings is 1. The Balaban J connectivity index is 1.09. The third-order valence-corrected chi connectivity index (χ3v) is 11.8. The van der Waals surface area contributed by atoms with E-state index < -0.39 is 0 Å². The van der Waals surface area contributed by atoms with Crippen LogP contribution in [0.25, 0.3) is 53.6 Å². The van der Waals surface area contributed by atoms with E-state index in [1.165, 1.54) is 53.6 Å². The number of benzene rings is 9. The molecule has 1 heterocycles. The molecule has 0 fully saturated rings. The van der Waals surface area contributed by atoms with Gasteiger partial charge in [0.2, 0.25) is 0 Å². The smallest absolute Gasteiger partial charge is 0.0462 e. The van der Waals surface area contributed by atoms with Gasteiger partial charge in [-0.2, -0.15) is 0 Å². The third kappa shape index (κ3) is 6.75. The highest BCUT2D eigenvalue weighted by atomic mass is 32.1. The van der Waals surface area contributed by atoms with E-state index in [1.54, 1.807) is 0 Å². The highest BCUT2D eigenvalue weighted by Gasteiger charge is 2.17. The lowest BCUT2D eigenvalue weighted by Gasteiger charge is -2.25. The largest absolute Gasteiger partial charge is 0.311 e. The summed E-state index contributed by atoms with van der Waals surface area (Å²) in [7, 11) is 0. The van der Waals surface area contributed by atoms with Gasteiger partial charge in [0.15, 0.2) is 0 Å². The number of para-hydroxylation sites is 4. The predicted molar refractivity (Wildman–Crippen MR) is 245 cm³/mol. The minimum absolute atomic E-state index is 1.11. The summed E-state index contributed by atoms with van der Waals surface area (Å²) in [5.41, 5.74) is 13.9. The van der Waals surface area contributed by atoms with Crippen molar-refractivity contribution in [3.8, 4) is 33.4 Å². The number of nitrogens with zero attached hydrogens (tertiary/aromatic N) is 2. The zero-order chi connectivity index (χ0) is 38.0. The van der Waals surface area contributed by atoms with Gasteiger partial charge in [-0.3, -0.25) is 0 Å². The molecule has 0 saturated heterocycles. The summed E-state index contributed by atoms with van der Waals surface area (Å²) in [5.74, 6) is 0. The molecule has 0 spiro atoms. The van der Waals surface area contributed by atoms with Crippen molar-refractivity contribution < 1.29 is 0 Å². The number of rotatable bonds is 9. The molecule has 0 aliphatic carbocycles. The van der Waals surface area contributed by atoms with Crippen LogP contribution in [0, 0.1) is 0 Å². The van der Waals surface area contributed by atoms with Gasteiger partial charge in [-0.1, -0.05) is 133 Å². The lowest BCUT2D eigenvalue weighted by atomic mass is 9.92. The molecular formula is C54H38N2S. The lowest BCUT2D eigenvalue weighted by Crippen LogP contribution is -2.09. The van der Waals surface area contributed by atoms with Gasteiger partial charge in [-0.25, -0.2) is 0 Å². The monoisotopic (exact) mass is 746 g/mol. The van der Waals surface area contributed by atoms with Crippen molar-refractivity contribution in [2.75, 3.05) is 9.80 Å². The predicted octanol–water partition coefficient (Wildman–Crippen LogP) is 16.0. The fourth-order valence-corrected chi connectivity index (χ4v) is 9.14. The van der Waals surface area contributed by atoms with Crippen molar-refractivity contribution in [1.29, 1.82) is 0 Å². The molecule has 0 saturated carbocycles. The summed E-state index contributed by atoms with van der Waals surface area (Å²) < 4.78 is 2.63. The van der Waals surface area contributed by atoms with Crippen LogP contribution in [0.4, 0.5) is 34.1 Å². The SMILES string of the molecule is c1ccc(N(c2ccccc2)c2ccc(-c3cc(-c4ccc(N(c5ccccc5)c5ccccc5)cc4)cc(-c4cccc5c4sc4ccccc45)c3)cc2)cc1. The molecule has 0 amide bonds. The summed E-state index contributed by atoms with van der Waals surface area (Å²) in [5, 5.41) is 2.61. The summed E-state index contributed by atoms with van der Waals surface area (Å²) >= 11 is 1.88. The Kier molecular flexibility index (Phi) is 9.11. The Hall–Kier alpha value is -7.20. The molecule has 0 radical (unpaired) electrons. The Morgan fingerprint density at radius 2 is 0.632 bits per heavy atom. The second-order valence-electron chi connectivity index (χ2n) is 14.2. The van der Waals surface area contributed by atoms with Crippen LogP contribution in [-0.4, -0.2) is 0 Å². The van der Waals surface area contributed by atoms with Gasteiger partial charge in [0.05, 0.1) is 0 Å². The van der Waals surface area contributed by atoms with E-state index in [0.717, 1.165) is 34.1 Å². The average Bonchev–Trinajstić information content (AvgIpc) is 3.68.